The van der Waals surface area contributed by atoms with E-state index in [1.54, 1.807) is 73.8 Å². The molecule has 0 aliphatic carbocycles. The Morgan fingerprint density at radius 2 is 1.50 bits per heavy atom. The fraction of sp³-hybridized carbons (Fsp3) is 0.0952. The molecule has 3 rings (SSSR count). The summed E-state index contributed by atoms with van der Waals surface area (Å²) in [6.07, 6.45) is 1.99. The number of benzene rings is 2. The van der Waals surface area contributed by atoms with Gasteiger partial charge >= 0.3 is 5.97 Å². The van der Waals surface area contributed by atoms with Crippen molar-refractivity contribution in [3.05, 3.63) is 95.8 Å². The molecule has 1 unspecified atom stereocenters. The highest BCUT2D eigenvalue weighted by Crippen LogP contribution is 2.25. The maximum Gasteiger partial charge on any atom is 0.339 e. The van der Waals surface area contributed by atoms with Crippen LogP contribution in [0, 0.1) is 0 Å². The first-order chi connectivity index (χ1) is 12.7. The number of pyridine rings is 1. The molecule has 0 N–H and O–H groups in total. The predicted octanol–water partition coefficient (Wildman–Crippen LogP) is 3.87. The molecule has 1 heterocycles. The highest BCUT2D eigenvalue weighted by molar-refractivity contribution is 6.02. The number of aromatic nitrogens is 1. The van der Waals surface area contributed by atoms with E-state index in [0.717, 1.165) is 0 Å². The summed E-state index contributed by atoms with van der Waals surface area (Å²) in [5, 5.41) is 0. The van der Waals surface area contributed by atoms with Crippen molar-refractivity contribution in [1.82, 2.24) is 4.98 Å². The van der Waals surface area contributed by atoms with Gasteiger partial charge in [-0.05, 0) is 36.4 Å². The van der Waals surface area contributed by atoms with E-state index in [2.05, 4.69) is 4.98 Å². The molecule has 5 nitrogen and oxygen atoms in total. The third-order valence-electron chi connectivity index (χ3n) is 3.86. The SMILES string of the molecule is COc1ccc(C(OC(=O)c2ccccc2)C(=O)c2ccncc2)cc1. The number of esters is 1. The van der Waals surface area contributed by atoms with Crippen LogP contribution in [0.15, 0.2) is 79.1 Å². The number of methoxy groups -OCH3 is 1. The van der Waals surface area contributed by atoms with Gasteiger partial charge in [-0.25, -0.2) is 4.79 Å². The Balaban J connectivity index is 1.92. The Hall–Kier alpha value is -3.47. The van der Waals surface area contributed by atoms with Crippen molar-refractivity contribution in [3.8, 4) is 5.75 Å². The molecule has 1 aromatic heterocycles. The molecule has 0 aliphatic rings. The van der Waals surface area contributed by atoms with Crippen LogP contribution in [0.1, 0.15) is 32.4 Å². The zero-order valence-electron chi connectivity index (χ0n) is 14.2. The highest BCUT2D eigenvalue weighted by atomic mass is 16.5. The Labute approximate surface area is 151 Å². The molecule has 0 aliphatic heterocycles. The molecule has 0 fully saturated rings. The van der Waals surface area contributed by atoms with Gasteiger partial charge in [0.25, 0.3) is 0 Å². The third kappa shape index (κ3) is 3.95. The Bertz CT molecular complexity index is 877. The van der Waals surface area contributed by atoms with Crippen LogP contribution in [0.5, 0.6) is 5.75 Å². The monoisotopic (exact) mass is 347 g/mol. The molecule has 0 saturated carbocycles. The van der Waals surface area contributed by atoms with Gasteiger partial charge < -0.3 is 9.47 Å². The number of ketones is 1. The summed E-state index contributed by atoms with van der Waals surface area (Å²) in [5.41, 5.74) is 1.37. The van der Waals surface area contributed by atoms with E-state index in [4.69, 9.17) is 9.47 Å². The molecule has 26 heavy (non-hydrogen) atoms. The highest BCUT2D eigenvalue weighted by Gasteiger charge is 2.26. The lowest BCUT2D eigenvalue weighted by atomic mass is 10.0. The lowest BCUT2D eigenvalue weighted by Crippen LogP contribution is -2.20. The summed E-state index contributed by atoms with van der Waals surface area (Å²) in [6.45, 7) is 0. The minimum absolute atomic E-state index is 0.318. The van der Waals surface area contributed by atoms with E-state index in [9.17, 15) is 9.59 Å². The van der Waals surface area contributed by atoms with Crippen LogP contribution in [-0.2, 0) is 4.74 Å². The van der Waals surface area contributed by atoms with Gasteiger partial charge in [-0.15, -0.1) is 0 Å². The van der Waals surface area contributed by atoms with E-state index < -0.39 is 12.1 Å². The second-order valence-corrected chi connectivity index (χ2v) is 5.52. The molecular weight excluding hydrogens is 330 g/mol. The van der Waals surface area contributed by atoms with Crippen LogP contribution in [-0.4, -0.2) is 23.8 Å². The number of rotatable bonds is 6. The molecule has 2 aromatic carbocycles. The lowest BCUT2D eigenvalue weighted by Gasteiger charge is -2.18. The number of hydrogen-bond acceptors (Lipinski definition) is 5. The Morgan fingerprint density at radius 3 is 2.12 bits per heavy atom. The summed E-state index contributed by atoms with van der Waals surface area (Å²) in [6, 6.07) is 18.6. The van der Waals surface area contributed by atoms with E-state index in [1.165, 1.54) is 12.4 Å². The zero-order chi connectivity index (χ0) is 18.4. The van der Waals surface area contributed by atoms with Crippen LogP contribution >= 0.6 is 0 Å². The second-order valence-electron chi connectivity index (χ2n) is 5.52. The first-order valence-corrected chi connectivity index (χ1v) is 8.03. The van der Waals surface area contributed by atoms with Gasteiger partial charge in [0.15, 0.2) is 6.10 Å². The molecule has 1 atom stereocenters. The summed E-state index contributed by atoms with van der Waals surface area (Å²) in [7, 11) is 1.56. The number of hydrogen-bond donors (Lipinski definition) is 0. The van der Waals surface area contributed by atoms with E-state index in [0.29, 0.717) is 22.4 Å². The van der Waals surface area contributed by atoms with Crippen LogP contribution < -0.4 is 4.74 Å². The first-order valence-electron chi connectivity index (χ1n) is 8.03. The quantitative estimate of drug-likeness (QED) is 0.500. The van der Waals surface area contributed by atoms with Crippen molar-refractivity contribution < 1.29 is 19.1 Å². The maximum absolute atomic E-state index is 12.9. The van der Waals surface area contributed by atoms with Gasteiger partial charge in [0.05, 0.1) is 12.7 Å². The summed E-state index contributed by atoms with van der Waals surface area (Å²) in [4.78, 5) is 29.3. The summed E-state index contributed by atoms with van der Waals surface area (Å²) in [5.74, 6) is -0.228. The van der Waals surface area contributed by atoms with Gasteiger partial charge in [0, 0.05) is 23.5 Å². The van der Waals surface area contributed by atoms with Gasteiger partial charge in [-0.2, -0.15) is 0 Å². The van der Waals surface area contributed by atoms with Gasteiger partial charge in [0.1, 0.15) is 5.75 Å². The smallest absolute Gasteiger partial charge is 0.339 e. The largest absolute Gasteiger partial charge is 0.497 e. The summed E-state index contributed by atoms with van der Waals surface area (Å²) >= 11 is 0. The minimum atomic E-state index is -1.06. The van der Waals surface area contributed by atoms with Gasteiger partial charge in [-0.3, -0.25) is 9.78 Å². The molecule has 0 spiro atoms. The van der Waals surface area contributed by atoms with E-state index in [1.807, 2.05) is 0 Å². The predicted molar refractivity (Wildman–Crippen MR) is 96.2 cm³/mol. The maximum atomic E-state index is 12.9. The van der Waals surface area contributed by atoms with Gasteiger partial charge in [0.2, 0.25) is 5.78 Å². The molecule has 0 radical (unpaired) electrons. The van der Waals surface area contributed by atoms with E-state index >= 15 is 0 Å². The van der Waals surface area contributed by atoms with Crippen LogP contribution in [0.25, 0.3) is 0 Å². The molecule has 3 aromatic rings. The van der Waals surface area contributed by atoms with Crippen molar-refractivity contribution >= 4 is 11.8 Å². The van der Waals surface area contributed by atoms with Crippen molar-refractivity contribution in [3.63, 3.8) is 0 Å². The van der Waals surface area contributed by atoms with Crippen molar-refractivity contribution in [1.29, 1.82) is 0 Å². The zero-order valence-corrected chi connectivity index (χ0v) is 14.2. The average Bonchev–Trinajstić information content (AvgIpc) is 2.73. The van der Waals surface area contributed by atoms with Crippen molar-refractivity contribution in [2.75, 3.05) is 7.11 Å². The Kier molecular flexibility index (Phi) is 5.39. The topological polar surface area (TPSA) is 65.5 Å². The minimum Gasteiger partial charge on any atom is -0.497 e. The Morgan fingerprint density at radius 1 is 0.846 bits per heavy atom. The van der Waals surface area contributed by atoms with Crippen molar-refractivity contribution in [2.45, 2.75) is 6.10 Å². The first kappa shape index (κ1) is 17.4. The summed E-state index contributed by atoms with van der Waals surface area (Å²) < 4.78 is 10.7. The van der Waals surface area contributed by atoms with Crippen LogP contribution in [0.3, 0.4) is 0 Å². The second kappa shape index (κ2) is 8.07. The number of carbonyl (C=O) groups excluding carboxylic acids is 2. The van der Waals surface area contributed by atoms with Crippen molar-refractivity contribution in [2.24, 2.45) is 0 Å². The number of carbonyl (C=O) groups is 2. The molecule has 0 bridgehead atoms. The van der Waals surface area contributed by atoms with Crippen LogP contribution in [0.2, 0.25) is 0 Å². The average molecular weight is 347 g/mol. The molecule has 5 heteroatoms. The molecule has 130 valence electrons. The fourth-order valence-electron chi connectivity index (χ4n) is 2.47. The van der Waals surface area contributed by atoms with Gasteiger partial charge in [-0.1, -0.05) is 30.3 Å². The number of ether oxygens (including phenoxy) is 2. The normalized spacial score (nSPS) is 11.4. The fourth-order valence-corrected chi connectivity index (χ4v) is 2.47. The third-order valence-corrected chi connectivity index (χ3v) is 3.86. The molecular formula is C21H17NO4. The molecule has 0 saturated heterocycles. The number of Topliss-reactive ketones (excluding diaryl/α,β-unsaturated/α-hetero) is 1. The molecule has 0 amide bonds. The van der Waals surface area contributed by atoms with Crippen LogP contribution in [0.4, 0.5) is 0 Å². The number of nitrogens with zero attached hydrogens (tertiary/aromatic N) is 1. The standard InChI is InChI=1S/C21H17NO4/c1-25-18-9-7-16(8-10-18)20(19(23)15-11-13-22-14-12-15)26-21(24)17-5-3-2-4-6-17/h2-14,20H,1H3. The van der Waals surface area contributed by atoms with E-state index in [-0.39, 0.29) is 5.78 Å². The lowest BCUT2D eigenvalue weighted by molar-refractivity contribution is 0.0280.